The van der Waals surface area contributed by atoms with Crippen molar-refractivity contribution in [2.45, 2.75) is 66.1 Å². The first kappa shape index (κ1) is 21.9. The molecule has 1 aromatic heterocycles. The largest absolute Gasteiger partial charge is 0.462 e. The number of esters is 1. The van der Waals surface area contributed by atoms with Crippen molar-refractivity contribution in [1.82, 2.24) is 4.90 Å². The van der Waals surface area contributed by atoms with Crippen LogP contribution in [-0.2, 0) is 27.3 Å². The minimum absolute atomic E-state index is 0.0997. The number of fused-ring (bicyclic) bond motifs is 1. The van der Waals surface area contributed by atoms with Crippen LogP contribution >= 0.6 is 11.3 Å². The molecule has 0 atom stereocenters. The smallest absolute Gasteiger partial charge is 0.341 e. The zero-order valence-electron chi connectivity index (χ0n) is 17.1. The molecule has 1 aliphatic heterocycles. The molecular weight excluding hydrogens is 364 g/mol. The summed E-state index contributed by atoms with van der Waals surface area (Å²) in [6.45, 7) is 12.8. The van der Waals surface area contributed by atoms with Crippen molar-refractivity contribution in [2.24, 2.45) is 0 Å². The van der Waals surface area contributed by atoms with Crippen LogP contribution in [0, 0.1) is 0 Å². The normalized spacial score (nSPS) is 15.5. The number of anilines is 1. The van der Waals surface area contributed by atoms with Gasteiger partial charge in [0.25, 0.3) is 0 Å². The van der Waals surface area contributed by atoms with Crippen molar-refractivity contribution in [3.8, 4) is 0 Å². The van der Waals surface area contributed by atoms with Gasteiger partial charge < -0.3 is 14.8 Å². The number of hydrogen-bond donors (Lipinski definition) is 1. The summed E-state index contributed by atoms with van der Waals surface area (Å²) in [4.78, 5) is 28.3. The van der Waals surface area contributed by atoms with Crippen molar-refractivity contribution < 1.29 is 19.1 Å². The van der Waals surface area contributed by atoms with E-state index in [1.165, 1.54) is 11.3 Å². The average molecular weight is 397 g/mol. The van der Waals surface area contributed by atoms with E-state index in [2.05, 4.69) is 24.1 Å². The van der Waals surface area contributed by atoms with Gasteiger partial charge in [-0.1, -0.05) is 20.3 Å². The Balaban J connectivity index is 2.21. The standard InChI is InChI=1S/C20H32N2O4S/c1-6-9-10-22(7-2)12-16(23)21-18-17(19(24)25-8-3)14-11-20(4,5)26-13-15(14)27-18/h6-13H2,1-5H3,(H,21,23). The van der Waals surface area contributed by atoms with Crippen LogP contribution < -0.4 is 5.32 Å². The molecule has 0 aliphatic carbocycles. The molecule has 0 unspecified atom stereocenters. The summed E-state index contributed by atoms with van der Waals surface area (Å²) >= 11 is 1.42. The lowest BCUT2D eigenvalue weighted by Crippen LogP contribution is -2.34. The average Bonchev–Trinajstić information content (AvgIpc) is 2.94. The van der Waals surface area contributed by atoms with E-state index in [9.17, 15) is 9.59 Å². The maximum absolute atomic E-state index is 12.6. The van der Waals surface area contributed by atoms with Crippen molar-refractivity contribution in [3.63, 3.8) is 0 Å². The van der Waals surface area contributed by atoms with Crippen molar-refractivity contribution in [1.29, 1.82) is 0 Å². The van der Waals surface area contributed by atoms with Gasteiger partial charge in [-0.25, -0.2) is 4.79 Å². The van der Waals surface area contributed by atoms with Crippen molar-refractivity contribution >= 4 is 28.2 Å². The molecule has 1 N–H and O–H groups in total. The number of hydrogen-bond acceptors (Lipinski definition) is 6. The van der Waals surface area contributed by atoms with Crippen LogP contribution in [0.2, 0.25) is 0 Å². The Morgan fingerprint density at radius 3 is 2.67 bits per heavy atom. The highest BCUT2D eigenvalue weighted by Gasteiger charge is 2.34. The Labute approximate surface area is 166 Å². The molecule has 0 saturated carbocycles. The van der Waals surface area contributed by atoms with Crippen LogP contribution in [0.5, 0.6) is 0 Å². The Hall–Kier alpha value is -1.44. The first-order valence-corrected chi connectivity index (χ1v) is 10.6. The van der Waals surface area contributed by atoms with Gasteiger partial charge in [0.2, 0.25) is 5.91 Å². The molecule has 0 spiro atoms. The van der Waals surface area contributed by atoms with Gasteiger partial charge in [0.15, 0.2) is 0 Å². The maximum Gasteiger partial charge on any atom is 0.341 e. The maximum atomic E-state index is 12.6. The molecule has 0 aromatic carbocycles. The van der Waals surface area contributed by atoms with Crippen LogP contribution in [0.4, 0.5) is 5.00 Å². The van der Waals surface area contributed by atoms with E-state index >= 15 is 0 Å². The third-order valence-electron chi connectivity index (χ3n) is 4.66. The first-order valence-electron chi connectivity index (χ1n) is 9.79. The van der Waals surface area contributed by atoms with E-state index < -0.39 is 0 Å². The number of nitrogens with one attached hydrogen (secondary N) is 1. The molecule has 6 nitrogen and oxygen atoms in total. The van der Waals surface area contributed by atoms with E-state index in [1.54, 1.807) is 6.92 Å². The second-order valence-electron chi connectivity index (χ2n) is 7.42. The van der Waals surface area contributed by atoms with Gasteiger partial charge in [-0.05, 0) is 45.8 Å². The van der Waals surface area contributed by atoms with Crippen LogP contribution in [0.1, 0.15) is 68.3 Å². The number of ether oxygens (including phenoxy) is 2. The van der Waals surface area contributed by atoms with E-state index in [-0.39, 0.29) is 17.5 Å². The van der Waals surface area contributed by atoms with Gasteiger partial charge in [0, 0.05) is 11.3 Å². The van der Waals surface area contributed by atoms with E-state index in [0.717, 1.165) is 36.4 Å². The van der Waals surface area contributed by atoms with E-state index in [4.69, 9.17) is 9.47 Å². The first-order chi connectivity index (χ1) is 12.8. The van der Waals surface area contributed by atoms with Gasteiger partial charge in [0.1, 0.15) is 5.00 Å². The minimum Gasteiger partial charge on any atom is -0.462 e. The molecule has 27 heavy (non-hydrogen) atoms. The van der Waals surface area contributed by atoms with E-state index in [1.807, 2.05) is 13.8 Å². The molecule has 0 radical (unpaired) electrons. The molecule has 1 aromatic rings. The topological polar surface area (TPSA) is 67.9 Å². The summed E-state index contributed by atoms with van der Waals surface area (Å²) in [6.07, 6.45) is 2.79. The molecule has 0 saturated heterocycles. The number of thiophene rings is 1. The highest BCUT2D eigenvalue weighted by Crippen LogP contribution is 2.40. The van der Waals surface area contributed by atoms with Gasteiger partial charge in [-0.15, -0.1) is 11.3 Å². The van der Waals surface area contributed by atoms with Gasteiger partial charge in [-0.3, -0.25) is 9.69 Å². The van der Waals surface area contributed by atoms with Crippen LogP contribution in [0.25, 0.3) is 0 Å². The van der Waals surface area contributed by atoms with Crippen LogP contribution in [-0.4, -0.2) is 48.6 Å². The Bertz CT molecular complexity index is 669. The summed E-state index contributed by atoms with van der Waals surface area (Å²) in [5.74, 6) is -0.474. The molecule has 152 valence electrons. The molecular formula is C20H32N2O4S. The lowest BCUT2D eigenvalue weighted by molar-refractivity contribution is -0.117. The number of carbonyl (C=O) groups excluding carboxylic acids is 2. The number of amides is 1. The predicted molar refractivity (Wildman–Crippen MR) is 108 cm³/mol. The molecule has 2 heterocycles. The van der Waals surface area contributed by atoms with Gasteiger partial charge in [0.05, 0.1) is 30.9 Å². The lowest BCUT2D eigenvalue weighted by Gasteiger charge is -2.30. The Morgan fingerprint density at radius 1 is 1.30 bits per heavy atom. The fourth-order valence-corrected chi connectivity index (χ4v) is 4.30. The summed E-state index contributed by atoms with van der Waals surface area (Å²) in [5, 5.41) is 3.54. The highest BCUT2D eigenvalue weighted by molar-refractivity contribution is 7.17. The number of rotatable bonds is 9. The molecule has 0 fully saturated rings. The monoisotopic (exact) mass is 396 g/mol. The zero-order chi connectivity index (χ0) is 20.0. The number of nitrogens with zero attached hydrogens (tertiary/aromatic N) is 1. The second kappa shape index (κ2) is 9.66. The van der Waals surface area contributed by atoms with Crippen molar-refractivity contribution in [3.05, 3.63) is 16.0 Å². The SMILES string of the molecule is CCCCN(CC)CC(=O)Nc1sc2c(c1C(=O)OCC)CC(C)(C)OC2. The summed E-state index contributed by atoms with van der Waals surface area (Å²) in [6, 6.07) is 0. The van der Waals surface area contributed by atoms with Crippen LogP contribution in [0.15, 0.2) is 0 Å². The summed E-state index contributed by atoms with van der Waals surface area (Å²) in [7, 11) is 0. The quantitative estimate of drug-likeness (QED) is 0.643. The van der Waals surface area contributed by atoms with Gasteiger partial charge >= 0.3 is 5.97 Å². The molecule has 1 amide bonds. The fourth-order valence-electron chi connectivity index (χ4n) is 3.16. The molecule has 0 bridgehead atoms. The molecule has 1 aliphatic rings. The highest BCUT2D eigenvalue weighted by atomic mass is 32.1. The second-order valence-corrected chi connectivity index (χ2v) is 8.53. The zero-order valence-corrected chi connectivity index (χ0v) is 18.0. The number of carbonyl (C=O) groups is 2. The predicted octanol–water partition coefficient (Wildman–Crippen LogP) is 3.84. The third kappa shape index (κ3) is 5.77. The number of likely N-dealkylation sites (N-methyl/N-ethyl adjacent to an activating group) is 1. The van der Waals surface area contributed by atoms with Gasteiger partial charge in [-0.2, -0.15) is 0 Å². The van der Waals surface area contributed by atoms with Crippen LogP contribution in [0.3, 0.4) is 0 Å². The Morgan fingerprint density at radius 2 is 2.04 bits per heavy atom. The molecule has 7 heteroatoms. The Kier molecular flexibility index (Phi) is 7.82. The van der Waals surface area contributed by atoms with E-state index in [0.29, 0.717) is 36.7 Å². The lowest BCUT2D eigenvalue weighted by atomic mass is 9.93. The fraction of sp³-hybridized carbons (Fsp3) is 0.700. The number of unbranched alkanes of at least 4 members (excludes halogenated alkanes) is 1. The molecule has 2 rings (SSSR count). The minimum atomic E-state index is -0.374. The summed E-state index contributed by atoms with van der Waals surface area (Å²) in [5.41, 5.74) is 1.11. The summed E-state index contributed by atoms with van der Waals surface area (Å²) < 4.78 is 11.1. The van der Waals surface area contributed by atoms with Crippen molar-refractivity contribution in [2.75, 3.05) is 31.6 Å². The third-order valence-corrected chi connectivity index (χ3v) is 5.78.